The molecule has 26 heavy (non-hydrogen) atoms. The topological polar surface area (TPSA) is 88.1 Å². The van der Waals surface area contributed by atoms with E-state index in [1.54, 1.807) is 17.3 Å². The van der Waals surface area contributed by atoms with E-state index in [0.717, 1.165) is 24.2 Å². The molecule has 2 amide bonds. The van der Waals surface area contributed by atoms with Gasteiger partial charge in [-0.15, -0.1) is 0 Å². The Morgan fingerprint density at radius 3 is 2.69 bits per heavy atom. The van der Waals surface area contributed by atoms with Gasteiger partial charge in [0.25, 0.3) is 5.91 Å². The number of aromatic nitrogens is 3. The van der Waals surface area contributed by atoms with Crippen LogP contribution >= 0.6 is 0 Å². The van der Waals surface area contributed by atoms with Gasteiger partial charge in [-0.25, -0.2) is 4.98 Å². The van der Waals surface area contributed by atoms with Crippen LogP contribution in [-0.4, -0.2) is 50.8 Å². The van der Waals surface area contributed by atoms with Crippen molar-refractivity contribution < 1.29 is 9.59 Å². The van der Waals surface area contributed by atoms with E-state index in [0.29, 0.717) is 25.2 Å². The Morgan fingerprint density at radius 2 is 2.04 bits per heavy atom. The molecule has 2 heterocycles. The smallest absolute Gasteiger partial charge is 0.274 e. The summed E-state index contributed by atoms with van der Waals surface area (Å²) in [6, 6.07) is 5.94. The molecule has 0 unspecified atom stereocenters. The van der Waals surface area contributed by atoms with Gasteiger partial charge in [-0.1, -0.05) is 6.07 Å². The van der Waals surface area contributed by atoms with Crippen LogP contribution in [0, 0.1) is 6.92 Å². The third-order valence-electron chi connectivity index (χ3n) is 4.26. The monoisotopic (exact) mass is 353 g/mol. The number of aryl methyl sites for hydroxylation is 1. The van der Waals surface area contributed by atoms with Crippen molar-refractivity contribution in [1.82, 2.24) is 25.2 Å². The Bertz CT molecular complexity index is 744. The average Bonchev–Trinajstić information content (AvgIpc) is 3.48. The first-order valence-corrected chi connectivity index (χ1v) is 8.89. The first-order chi connectivity index (χ1) is 12.6. The van der Waals surface area contributed by atoms with E-state index in [4.69, 9.17) is 0 Å². The van der Waals surface area contributed by atoms with Crippen LogP contribution < -0.4 is 5.32 Å². The van der Waals surface area contributed by atoms with Crippen molar-refractivity contribution in [2.45, 2.75) is 38.6 Å². The summed E-state index contributed by atoms with van der Waals surface area (Å²) in [6.45, 7) is 2.76. The molecule has 0 spiro atoms. The molecule has 2 aromatic heterocycles. The SMILES string of the molecule is Cc1cnc(C(=O)N(CCC(=O)NCCc2ccccn2)C2CC2)cn1. The van der Waals surface area contributed by atoms with Crippen molar-refractivity contribution in [3.63, 3.8) is 0 Å². The lowest BCUT2D eigenvalue weighted by atomic mass is 10.2. The van der Waals surface area contributed by atoms with Crippen molar-refractivity contribution in [1.29, 1.82) is 0 Å². The molecule has 0 atom stereocenters. The molecule has 2 aromatic rings. The third-order valence-corrected chi connectivity index (χ3v) is 4.26. The number of amides is 2. The number of carbonyl (C=O) groups excluding carboxylic acids is 2. The van der Waals surface area contributed by atoms with Crippen molar-refractivity contribution in [2.75, 3.05) is 13.1 Å². The molecule has 1 aliphatic carbocycles. The Labute approximate surface area is 152 Å². The standard InChI is InChI=1S/C19H23N5O2/c1-14-12-23-17(13-22-14)19(26)24(16-5-6-16)11-8-18(25)21-10-7-15-4-2-3-9-20-15/h2-4,9,12-13,16H,5-8,10-11H2,1H3,(H,21,25). The number of hydrogen-bond acceptors (Lipinski definition) is 5. The fraction of sp³-hybridized carbons (Fsp3) is 0.421. The number of pyridine rings is 1. The molecule has 1 aliphatic rings. The quantitative estimate of drug-likeness (QED) is 0.778. The summed E-state index contributed by atoms with van der Waals surface area (Å²) in [7, 11) is 0. The van der Waals surface area contributed by atoms with Gasteiger partial charge in [0, 0.05) is 50.1 Å². The molecule has 0 aliphatic heterocycles. The highest BCUT2D eigenvalue weighted by molar-refractivity contribution is 5.92. The molecule has 7 heteroatoms. The number of nitrogens with one attached hydrogen (secondary N) is 1. The summed E-state index contributed by atoms with van der Waals surface area (Å²) in [6.07, 6.45) is 7.76. The second-order valence-corrected chi connectivity index (χ2v) is 6.44. The van der Waals surface area contributed by atoms with Crippen LogP contribution in [0.5, 0.6) is 0 Å². The second kappa shape index (κ2) is 8.51. The fourth-order valence-corrected chi connectivity index (χ4v) is 2.67. The van der Waals surface area contributed by atoms with E-state index in [1.165, 1.54) is 6.20 Å². The van der Waals surface area contributed by atoms with Crippen molar-refractivity contribution >= 4 is 11.8 Å². The molecule has 0 saturated heterocycles. The van der Waals surface area contributed by atoms with Gasteiger partial charge < -0.3 is 10.2 Å². The molecule has 0 bridgehead atoms. The molecule has 1 fully saturated rings. The summed E-state index contributed by atoms with van der Waals surface area (Å²) in [5, 5.41) is 2.89. The Balaban J connectivity index is 1.47. The average molecular weight is 353 g/mol. The lowest BCUT2D eigenvalue weighted by Gasteiger charge is -2.21. The van der Waals surface area contributed by atoms with Gasteiger partial charge in [-0.3, -0.25) is 19.6 Å². The zero-order valence-corrected chi connectivity index (χ0v) is 14.9. The molecule has 0 radical (unpaired) electrons. The highest BCUT2D eigenvalue weighted by Gasteiger charge is 2.33. The predicted octanol–water partition coefficient (Wildman–Crippen LogP) is 1.53. The molecule has 1 N–H and O–H groups in total. The van der Waals surface area contributed by atoms with E-state index in [-0.39, 0.29) is 24.3 Å². The minimum Gasteiger partial charge on any atom is -0.356 e. The lowest BCUT2D eigenvalue weighted by molar-refractivity contribution is -0.121. The maximum atomic E-state index is 12.6. The lowest BCUT2D eigenvalue weighted by Crippen LogP contribution is -2.37. The highest BCUT2D eigenvalue weighted by atomic mass is 16.2. The summed E-state index contributed by atoms with van der Waals surface area (Å²) in [4.78, 5) is 39.0. The first kappa shape index (κ1) is 18.0. The van der Waals surface area contributed by atoms with Gasteiger partial charge in [-0.05, 0) is 31.9 Å². The molecule has 0 aromatic carbocycles. The van der Waals surface area contributed by atoms with E-state index in [2.05, 4.69) is 20.3 Å². The van der Waals surface area contributed by atoms with Crippen molar-refractivity contribution in [2.24, 2.45) is 0 Å². The van der Waals surface area contributed by atoms with E-state index < -0.39 is 0 Å². The summed E-state index contributed by atoms with van der Waals surface area (Å²) in [5.74, 6) is -0.212. The van der Waals surface area contributed by atoms with Gasteiger partial charge in [0.2, 0.25) is 5.91 Å². The van der Waals surface area contributed by atoms with Crippen LogP contribution in [0.15, 0.2) is 36.8 Å². The van der Waals surface area contributed by atoms with Gasteiger partial charge >= 0.3 is 0 Å². The largest absolute Gasteiger partial charge is 0.356 e. The minimum absolute atomic E-state index is 0.0608. The molecule has 3 rings (SSSR count). The maximum absolute atomic E-state index is 12.6. The van der Waals surface area contributed by atoms with Gasteiger partial charge in [0.15, 0.2) is 0 Å². The first-order valence-electron chi connectivity index (χ1n) is 8.89. The molecular formula is C19H23N5O2. The zero-order valence-electron chi connectivity index (χ0n) is 14.9. The van der Waals surface area contributed by atoms with Crippen molar-refractivity contribution in [3.05, 3.63) is 53.9 Å². The molecule has 7 nitrogen and oxygen atoms in total. The van der Waals surface area contributed by atoms with Gasteiger partial charge in [-0.2, -0.15) is 0 Å². The van der Waals surface area contributed by atoms with Crippen molar-refractivity contribution in [3.8, 4) is 0 Å². The Kier molecular flexibility index (Phi) is 5.88. The van der Waals surface area contributed by atoms with Crippen LogP contribution in [0.2, 0.25) is 0 Å². The van der Waals surface area contributed by atoms with Crippen LogP contribution in [0.3, 0.4) is 0 Å². The Hall–Kier alpha value is -2.83. The van der Waals surface area contributed by atoms with Crippen LogP contribution in [-0.2, 0) is 11.2 Å². The molecular weight excluding hydrogens is 330 g/mol. The predicted molar refractivity (Wildman–Crippen MR) is 96.4 cm³/mol. The number of rotatable bonds is 8. The minimum atomic E-state index is -0.152. The summed E-state index contributed by atoms with van der Waals surface area (Å²) < 4.78 is 0. The van der Waals surface area contributed by atoms with Crippen LogP contribution in [0.1, 0.15) is 41.1 Å². The van der Waals surface area contributed by atoms with E-state index in [1.807, 2.05) is 25.1 Å². The zero-order chi connectivity index (χ0) is 18.4. The summed E-state index contributed by atoms with van der Waals surface area (Å²) in [5.41, 5.74) is 2.05. The van der Waals surface area contributed by atoms with Gasteiger partial charge in [0.05, 0.1) is 11.9 Å². The third kappa shape index (κ3) is 5.08. The van der Waals surface area contributed by atoms with Crippen LogP contribution in [0.4, 0.5) is 0 Å². The van der Waals surface area contributed by atoms with Crippen LogP contribution in [0.25, 0.3) is 0 Å². The second-order valence-electron chi connectivity index (χ2n) is 6.44. The fourth-order valence-electron chi connectivity index (χ4n) is 2.67. The van der Waals surface area contributed by atoms with Gasteiger partial charge in [0.1, 0.15) is 5.69 Å². The normalized spacial score (nSPS) is 13.3. The molecule has 1 saturated carbocycles. The summed E-state index contributed by atoms with van der Waals surface area (Å²) >= 11 is 0. The molecule has 136 valence electrons. The Morgan fingerprint density at radius 1 is 1.19 bits per heavy atom. The van der Waals surface area contributed by atoms with E-state index in [9.17, 15) is 9.59 Å². The highest BCUT2D eigenvalue weighted by Crippen LogP contribution is 2.28. The van der Waals surface area contributed by atoms with E-state index >= 15 is 0 Å². The number of hydrogen-bond donors (Lipinski definition) is 1. The number of carbonyl (C=O) groups is 2. The maximum Gasteiger partial charge on any atom is 0.274 e. The number of nitrogens with zero attached hydrogens (tertiary/aromatic N) is 4.